The number of hydrogen-bond donors (Lipinski definition) is 2. The summed E-state index contributed by atoms with van der Waals surface area (Å²) < 4.78 is 1.91. The summed E-state index contributed by atoms with van der Waals surface area (Å²) in [5.41, 5.74) is 4.37. The van der Waals surface area contributed by atoms with Crippen molar-refractivity contribution in [3.63, 3.8) is 0 Å². The van der Waals surface area contributed by atoms with Gasteiger partial charge in [0.1, 0.15) is 5.69 Å². The average Bonchev–Trinajstić information content (AvgIpc) is 3.07. The van der Waals surface area contributed by atoms with Gasteiger partial charge in [0.2, 0.25) is 0 Å². The van der Waals surface area contributed by atoms with Crippen LogP contribution in [0.2, 0.25) is 5.02 Å². The number of carboxylic acids is 1. The van der Waals surface area contributed by atoms with Gasteiger partial charge in [0.25, 0.3) is 0 Å². The number of nitrogens with zero attached hydrogens (tertiary/aromatic N) is 1. The molecule has 0 bridgehead atoms. The van der Waals surface area contributed by atoms with Crippen molar-refractivity contribution in [1.82, 2.24) is 9.88 Å². The van der Waals surface area contributed by atoms with Crippen molar-refractivity contribution in [2.75, 3.05) is 6.54 Å². The molecule has 1 heterocycles. The van der Waals surface area contributed by atoms with E-state index >= 15 is 0 Å². The normalized spacial score (nSPS) is 11.1. The monoisotopic (exact) mass is 418 g/mol. The van der Waals surface area contributed by atoms with Gasteiger partial charge in [-0.15, -0.1) is 0 Å². The zero-order chi connectivity index (χ0) is 20.9. The highest BCUT2D eigenvalue weighted by Gasteiger charge is 2.22. The van der Waals surface area contributed by atoms with Gasteiger partial charge in [-0.1, -0.05) is 72.3 Å². The molecule has 0 atom stereocenters. The summed E-state index contributed by atoms with van der Waals surface area (Å²) >= 11 is 5.94. The molecule has 30 heavy (non-hydrogen) atoms. The van der Waals surface area contributed by atoms with Gasteiger partial charge in [-0.25, -0.2) is 4.79 Å². The Bertz CT molecular complexity index is 1150. The molecule has 4 nitrogen and oxygen atoms in total. The summed E-state index contributed by atoms with van der Waals surface area (Å²) in [6.45, 7) is 1.77. The van der Waals surface area contributed by atoms with Crippen LogP contribution in [0.3, 0.4) is 0 Å². The molecule has 0 amide bonds. The van der Waals surface area contributed by atoms with Gasteiger partial charge >= 0.3 is 5.97 Å². The van der Waals surface area contributed by atoms with E-state index in [1.165, 1.54) is 5.56 Å². The summed E-state index contributed by atoms with van der Waals surface area (Å²) in [6.07, 6.45) is 0.849. The molecule has 152 valence electrons. The van der Waals surface area contributed by atoms with E-state index in [1.807, 2.05) is 83.4 Å². The molecule has 0 aliphatic rings. The van der Waals surface area contributed by atoms with E-state index in [2.05, 4.69) is 5.32 Å². The van der Waals surface area contributed by atoms with Crippen LogP contribution in [0, 0.1) is 0 Å². The number of rotatable bonds is 8. The summed E-state index contributed by atoms with van der Waals surface area (Å²) in [6, 6.07) is 25.6. The largest absolute Gasteiger partial charge is 0.477 e. The van der Waals surface area contributed by atoms with Gasteiger partial charge in [-0.05, 0) is 42.3 Å². The molecular weight excluding hydrogens is 396 g/mol. The molecule has 0 unspecified atom stereocenters. The average molecular weight is 419 g/mol. The number of carbonyl (C=O) groups is 1. The number of benzene rings is 3. The number of halogens is 1. The minimum absolute atomic E-state index is 0.346. The number of aromatic carboxylic acids is 1. The predicted octanol–water partition coefficient (Wildman–Crippen LogP) is 5.37. The maximum absolute atomic E-state index is 12.2. The Morgan fingerprint density at radius 1 is 0.900 bits per heavy atom. The molecule has 3 aromatic carbocycles. The molecule has 0 saturated carbocycles. The highest BCUT2D eigenvalue weighted by atomic mass is 35.5. The topological polar surface area (TPSA) is 54.3 Å². The van der Waals surface area contributed by atoms with E-state index in [-0.39, 0.29) is 0 Å². The lowest BCUT2D eigenvalue weighted by atomic mass is 10.1. The number of carboxylic acid groups (broad SMARTS) is 1. The van der Waals surface area contributed by atoms with E-state index in [0.29, 0.717) is 18.8 Å². The van der Waals surface area contributed by atoms with Crippen LogP contribution in [0.1, 0.15) is 27.2 Å². The van der Waals surface area contributed by atoms with Crippen LogP contribution >= 0.6 is 11.6 Å². The minimum atomic E-state index is -0.906. The molecule has 0 aliphatic carbocycles. The highest BCUT2D eigenvalue weighted by Crippen LogP contribution is 2.27. The lowest BCUT2D eigenvalue weighted by Crippen LogP contribution is -2.19. The van der Waals surface area contributed by atoms with Gasteiger partial charge in [0.15, 0.2) is 0 Å². The predicted molar refractivity (Wildman–Crippen MR) is 121 cm³/mol. The zero-order valence-electron chi connectivity index (χ0n) is 16.5. The summed E-state index contributed by atoms with van der Waals surface area (Å²) in [5.74, 6) is -0.906. The Morgan fingerprint density at radius 3 is 2.33 bits per heavy atom. The number of fused-ring (bicyclic) bond motifs is 1. The third-order valence-corrected chi connectivity index (χ3v) is 5.52. The number of aromatic nitrogens is 1. The van der Waals surface area contributed by atoms with Crippen molar-refractivity contribution in [3.05, 3.63) is 106 Å². The Kier molecular flexibility index (Phi) is 6.17. The van der Waals surface area contributed by atoms with Crippen molar-refractivity contribution >= 4 is 28.5 Å². The molecule has 0 saturated heterocycles. The van der Waals surface area contributed by atoms with Crippen molar-refractivity contribution in [3.8, 4) is 0 Å². The highest BCUT2D eigenvalue weighted by molar-refractivity contribution is 6.30. The molecular formula is C25H23ClN2O2. The minimum Gasteiger partial charge on any atom is -0.477 e. The molecule has 0 spiro atoms. The van der Waals surface area contributed by atoms with E-state index in [4.69, 9.17) is 11.6 Å². The van der Waals surface area contributed by atoms with Crippen molar-refractivity contribution in [2.24, 2.45) is 0 Å². The first-order valence-electron chi connectivity index (χ1n) is 9.96. The van der Waals surface area contributed by atoms with E-state index in [0.717, 1.165) is 40.0 Å². The number of hydrogen-bond acceptors (Lipinski definition) is 2. The summed E-state index contributed by atoms with van der Waals surface area (Å²) in [5, 5.41) is 15.1. The SMILES string of the molecule is O=C(O)c1c(CNCCc2ccc(Cl)cc2)c2ccccc2n1Cc1ccccc1. The summed E-state index contributed by atoms with van der Waals surface area (Å²) in [7, 11) is 0. The van der Waals surface area contributed by atoms with Crippen LogP contribution in [-0.2, 0) is 19.5 Å². The van der Waals surface area contributed by atoms with E-state index < -0.39 is 5.97 Å². The van der Waals surface area contributed by atoms with Gasteiger partial charge in [0.05, 0.1) is 0 Å². The Balaban J connectivity index is 1.59. The van der Waals surface area contributed by atoms with Crippen LogP contribution in [-0.4, -0.2) is 22.2 Å². The second-order valence-corrected chi connectivity index (χ2v) is 7.71. The van der Waals surface area contributed by atoms with Gasteiger partial charge < -0.3 is 15.0 Å². The first kappa shape index (κ1) is 20.2. The third kappa shape index (κ3) is 4.40. The maximum atomic E-state index is 12.2. The van der Waals surface area contributed by atoms with Crippen LogP contribution in [0.4, 0.5) is 0 Å². The van der Waals surface area contributed by atoms with Crippen molar-refractivity contribution in [2.45, 2.75) is 19.5 Å². The molecule has 1 aromatic heterocycles. The fraction of sp³-hybridized carbons (Fsp3) is 0.160. The molecule has 0 aliphatic heterocycles. The van der Waals surface area contributed by atoms with Gasteiger partial charge in [0, 0.05) is 34.6 Å². The fourth-order valence-corrected chi connectivity index (χ4v) is 3.95. The molecule has 5 heteroatoms. The molecule has 0 fully saturated rings. The molecule has 0 radical (unpaired) electrons. The first-order chi connectivity index (χ1) is 14.6. The molecule has 4 aromatic rings. The summed E-state index contributed by atoms with van der Waals surface area (Å²) in [4.78, 5) is 12.2. The number of para-hydroxylation sites is 1. The first-order valence-corrected chi connectivity index (χ1v) is 10.3. The van der Waals surface area contributed by atoms with Crippen LogP contribution < -0.4 is 5.32 Å². The molecule has 4 rings (SSSR count). The second-order valence-electron chi connectivity index (χ2n) is 7.27. The maximum Gasteiger partial charge on any atom is 0.352 e. The quantitative estimate of drug-likeness (QED) is 0.378. The van der Waals surface area contributed by atoms with Crippen LogP contribution in [0.5, 0.6) is 0 Å². The lowest BCUT2D eigenvalue weighted by Gasteiger charge is -2.10. The standard InChI is InChI=1S/C25H23ClN2O2/c26-20-12-10-18(11-13-20)14-15-27-16-22-21-8-4-5-9-23(21)28(24(22)25(29)30)17-19-6-2-1-3-7-19/h1-13,27H,14-17H2,(H,29,30). The Labute approximate surface area is 180 Å². The van der Waals surface area contributed by atoms with Gasteiger partial charge in [-0.3, -0.25) is 0 Å². The smallest absolute Gasteiger partial charge is 0.352 e. The van der Waals surface area contributed by atoms with Crippen molar-refractivity contribution < 1.29 is 9.90 Å². The lowest BCUT2D eigenvalue weighted by molar-refractivity contribution is 0.0685. The Morgan fingerprint density at radius 2 is 1.60 bits per heavy atom. The fourth-order valence-electron chi connectivity index (χ4n) is 3.83. The van der Waals surface area contributed by atoms with E-state index in [9.17, 15) is 9.90 Å². The number of nitrogens with one attached hydrogen (secondary N) is 1. The zero-order valence-corrected chi connectivity index (χ0v) is 17.3. The Hall–Kier alpha value is -3.08. The van der Waals surface area contributed by atoms with Crippen LogP contribution in [0.15, 0.2) is 78.9 Å². The van der Waals surface area contributed by atoms with Crippen LogP contribution in [0.25, 0.3) is 10.9 Å². The van der Waals surface area contributed by atoms with Crippen molar-refractivity contribution in [1.29, 1.82) is 0 Å². The van der Waals surface area contributed by atoms with E-state index in [1.54, 1.807) is 0 Å². The molecule has 2 N–H and O–H groups in total. The van der Waals surface area contributed by atoms with Gasteiger partial charge in [-0.2, -0.15) is 0 Å². The second kappa shape index (κ2) is 9.16. The third-order valence-electron chi connectivity index (χ3n) is 5.27.